The molecule has 0 aliphatic rings. The Morgan fingerprint density at radius 1 is 0.941 bits per heavy atom. The van der Waals surface area contributed by atoms with Crippen LogP contribution in [0, 0.1) is 0 Å². The fraction of sp³-hybridized carbons (Fsp3) is 0.286. The number of methoxy groups -OCH3 is 2. The molecular formula is C14H16O3. The Morgan fingerprint density at radius 2 is 1.65 bits per heavy atom. The normalized spacial score (nSPS) is 11.0. The van der Waals surface area contributed by atoms with Gasteiger partial charge in [0.15, 0.2) is 6.29 Å². The SMILES string of the molecule is COC(COc1cccc2ccccc12)OC. The maximum atomic E-state index is 5.71. The van der Waals surface area contributed by atoms with Crippen molar-refractivity contribution in [3.05, 3.63) is 42.5 Å². The van der Waals surface area contributed by atoms with Crippen LogP contribution in [0.4, 0.5) is 0 Å². The Hall–Kier alpha value is -1.58. The van der Waals surface area contributed by atoms with Crippen molar-refractivity contribution in [1.29, 1.82) is 0 Å². The first-order valence-corrected chi connectivity index (χ1v) is 5.51. The maximum absolute atomic E-state index is 5.71. The predicted molar refractivity (Wildman–Crippen MR) is 67.2 cm³/mol. The van der Waals surface area contributed by atoms with Gasteiger partial charge in [-0.25, -0.2) is 0 Å². The number of ether oxygens (including phenoxy) is 3. The Morgan fingerprint density at radius 3 is 2.41 bits per heavy atom. The molecule has 0 saturated carbocycles. The molecule has 0 amide bonds. The zero-order valence-corrected chi connectivity index (χ0v) is 10.1. The molecule has 0 fully saturated rings. The van der Waals surface area contributed by atoms with Crippen molar-refractivity contribution in [2.45, 2.75) is 6.29 Å². The molecule has 0 unspecified atom stereocenters. The minimum absolute atomic E-state index is 0.339. The van der Waals surface area contributed by atoms with Crippen LogP contribution in [0.3, 0.4) is 0 Å². The zero-order chi connectivity index (χ0) is 12.1. The van der Waals surface area contributed by atoms with E-state index in [9.17, 15) is 0 Å². The summed E-state index contributed by atoms with van der Waals surface area (Å²) in [6.45, 7) is 0.376. The van der Waals surface area contributed by atoms with Crippen LogP contribution in [0.15, 0.2) is 42.5 Å². The molecule has 0 saturated heterocycles. The molecule has 3 heteroatoms. The third-order valence-electron chi connectivity index (χ3n) is 2.65. The molecule has 0 atom stereocenters. The van der Waals surface area contributed by atoms with E-state index in [4.69, 9.17) is 14.2 Å². The van der Waals surface area contributed by atoms with Crippen molar-refractivity contribution in [2.75, 3.05) is 20.8 Å². The molecule has 0 spiro atoms. The van der Waals surface area contributed by atoms with Gasteiger partial charge in [0, 0.05) is 19.6 Å². The van der Waals surface area contributed by atoms with E-state index in [1.807, 2.05) is 30.3 Å². The van der Waals surface area contributed by atoms with E-state index < -0.39 is 0 Å². The Balaban J connectivity index is 2.18. The van der Waals surface area contributed by atoms with Gasteiger partial charge in [-0.1, -0.05) is 36.4 Å². The first-order chi connectivity index (χ1) is 8.35. The van der Waals surface area contributed by atoms with Gasteiger partial charge in [0.1, 0.15) is 12.4 Å². The number of hydrogen-bond acceptors (Lipinski definition) is 3. The highest BCUT2D eigenvalue weighted by Crippen LogP contribution is 2.25. The molecule has 2 aromatic carbocycles. The quantitative estimate of drug-likeness (QED) is 0.742. The fourth-order valence-corrected chi connectivity index (χ4v) is 1.71. The standard InChI is InChI=1S/C14H16O3/c1-15-14(16-2)10-17-13-9-5-7-11-6-3-4-8-12(11)13/h3-9,14H,10H2,1-2H3. The van der Waals surface area contributed by atoms with Crippen molar-refractivity contribution in [1.82, 2.24) is 0 Å². The predicted octanol–water partition coefficient (Wildman–Crippen LogP) is 2.84. The molecule has 0 aromatic heterocycles. The van der Waals surface area contributed by atoms with Crippen molar-refractivity contribution in [3.63, 3.8) is 0 Å². The lowest BCUT2D eigenvalue weighted by Crippen LogP contribution is -2.22. The van der Waals surface area contributed by atoms with Gasteiger partial charge in [-0.2, -0.15) is 0 Å². The molecule has 0 aliphatic heterocycles. The molecule has 2 rings (SSSR count). The second-order valence-corrected chi connectivity index (χ2v) is 3.69. The van der Waals surface area contributed by atoms with Crippen LogP contribution in [0.2, 0.25) is 0 Å². The first kappa shape index (κ1) is 11.9. The number of benzene rings is 2. The second-order valence-electron chi connectivity index (χ2n) is 3.69. The molecule has 90 valence electrons. The summed E-state index contributed by atoms with van der Waals surface area (Å²) in [6.07, 6.45) is -0.339. The molecule has 0 N–H and O–H groups in total. The fourth-order valence-electron chi connectivity index (χ4n) is 1.71. The van der Waals surface area contributed by atoms with E-state index in [2.05, 4.69) is 12.1 Å². The average Bonchev–Trinajstić information content (AvgIpc) is 2.40. The molecule has 17 heavy (non-hydrogen) atoms. The van der Waals surface area contributed by atoms with Crippen molar-refractivity contribution >= 4 is 10.8 Å². The Bertz CT molecular complexity index is 472. The highest BCUT2D eigenvalue weighted by Gasteiger charge is 2.07. The van der Waals surface area contributed by atoms with E-state index in [0.29, 0.717) is 6.61 Å². The Labute approximate surface area is 101 Å². The van der Waals surface area contributed by atoms with Crippen LogP contribution in [0.1, 0.15) is 0 Å². The summed E-state index contributed by atoms with van der Waals surface area (Å²) in [7, 11) is 3.20. The average molecular weight is 232 g/mol. The minimum Gasteiger partial charge on any atom is -0.488 e. The van der Waals surface area contributed by atoms with Gasteiger partial charge in [-0.05, 0) is 11.5 Å². The van der Waals surface area contributed by atoms with Gasteiger partial charge < -0.3 is 14.2 Å². The minimum atomic E-state index is -0.339. The van der Waals surface area contributed by atoms with Crippen LogP contribution in [-0.4, -0.2) is 27.1 Å². The highest BCUT2D eigenvalue weighted by atomic mass is 16.7. The lowest BCUT2D eigenvalue weighted by molar-refractivity contribution is -0.121. The van der Waals surface area contributed by atoms with E-state index in [1.54, 1.807) is 14.2 Å². The maximum Gasteiger partial charge on any atom is 0.191 e. The van der Waals surface area contributed by atoms with Crippen molar-refractivity contribution < 1.29 is 14.2 Å². The van der Waals surface area contributed by atoms with Crippen LogP contribution in [-0.2, 0) is 9.47 Å². The van der Waals surface area contributed by atoms with Crippen molar-refractivity contribution in [3.8, 4) is 5.75 Å². The van der Waals surface area contributed by atoms with Gasteiger partial charge in [0.25, 0.3) is 0 Å². The molecule has 0 aliphatic carbocycles. The van der Waals surface area contributed by atoms with Crippen LogP contribution in [0.25, 0.3) is 10.8 Å². The van der Waals surface area contributed by atoms with E-state index in [-0.39, 0.29) is 6.29 Å². The summed E-state index contributed by atoms with van der Waals surface area (Å²) in [5.41, 5.74) is 0. The van der Waals surface area contributed by atoms with Gasteiger partial charge in [0.05, 0.1) is 0 Å². The summed E-state index contributed by atoms with van der Waals surface area (Å²) >= 11 is 0. The lowest BCUT2D eigenvalue weighted by Gasteiger charge is -2.15. The third-order valence-corrected chi connectivity index (χ3v) is 2.65. The second kappa shape index (κ2) is 5.66. The molecule has 2 aromatic rings. The van der Waals surface area contributed by atoms with Gasteiger partial charge in [-0.3, -0.25) is 0 Å². The molecule has 0 bridgehead atoms. The summed E-state index contributed by atoms with van der Waals surface area (Å²) in [6, 6.07) is 14.1. The molecule has 0 radical (unpaired) electrons. The molecule has 3 nitrogen and oxygen atoms in total. The third kappa shape index (κ3) is 2.75. The topological polar surface area (TPSA) is 27.7 Å². The monoisotopic (exact) mass is 232 g/mol. The van der Waals surface area contributed by atoms with E-state index in [1.165, 1.54) is 0 Å². The summed E-state index contributed by atoms with van der Waals surface area (Å²) in [5, 5.41) is 2.26. The van der Waals surface area contributed by atoms with Crippen LogP contribution >= 0.6 is 0 Å². The van der Waals surface area contributed by atoms with Crippen LogP contribution < -0.4 is 4.74 Å². The summed E-state index contributed by atoms with van der Waals surface area (Å²) in [4.78, 5) is 0. The van der Waals surface area contributed by atoms with Gasteiger partial charge in [0.2, 0.25) is 0 Å². The summed E-state index contributed by atoms with van der Waals surface area (Å²) < 4.78 is 15.9. The number of hydrogen-bond donors (Lipinski definition) is 0. The highest BCUT2D eigenvalue weighted by molar-refractivity contribution is 5.88. The van der Waals surface area contributed by atoms with Gasteiger partial charge in [-0.15, -0.1) is 0 Å². The van der Waals surface area contributed by atoms with Crippen LogP contribution in [0.5, 0.6) is 5.75 Å². The smallest absolute Gasteiger partial charge is 0.191 e. The number of fused-ring (bicyclic) bond motifs is 1. The summed E-state index contributed by atoms with van der Waals surface area (Å²) in [5.74, 6) is 0.849. The van der Waals surface area contributed by atoms with Crippen molar-refractivity contribution in [2.24, 2.45) is 0 Å². The van der Waals surface area contributed by atoms with Gasteiger partial charge >= 0.3 is 0 Å². The molecule has 0 heterocycles. The van der Waals surface area contributed by atoms with E-state index in [0.717, 1.165) is 16.5 Å². The molecular weight excluding hydrogens is 216 g/mol. The van der Waals surface area contributed by atoms with E-state index >= 15 is 0 Å². The lowest BCUT2D eigenvalue weighted by atomic mass is 10.1. The first-order valence-electron chi connectivity index (χ1n) is 5.51. The zero-order valence-electron chi connectivity index (χ0n) is 10.1. The Kier molecular flexibility index (Phi) is 3.96. The largest absolute Gasteiger partial charge is 0.488 e. The number of rotatable bonds is 5.